The van der Waals surface area contributed by atoms with Gasteiger partial charge in [-0.05, 0) is 12.8 Å². The van der Waals surface area contributed by atoms with Crippen LogP contribution in [0.25, 0.3) is 0 Å². The Morgan fingerprint density at radius 3 is 2.00 bits per heavy atom. The molecule has 2 nitrogen and oxygen atoms in total. The van der Waals surface area contributed by atoms with Crippen LogP contribution in [0.4, 0.5) is 0 Å². The molecule has 1 N–H and O–H groups in total. The predicted molar refractivity (Wildman–Crippen MR) is 57.5 cm³/mol. The fourth-order valence-corrected chi connectivity index (χ4v) is 1.43. The average Bonchev–Trinajstić information content (AvgIpc) is 2.16. The van der Waals surface area contributed by atoms with Crippen molar-refractivity contribution >= 4 is 6.21 Å². The van der Waals surface area contributed by atoms with Crippen LogP contribution in [0.3, 0.4) is 0 Å². The van der Waals surface area contributed by atoms with Crippen LogP contribution in [0.15, 0.2) is 5.16 Å². The van der Waals surface area contributed by atoms with E-state index in [1.165, 1.54) is 44.9 Å². The van der Waals surface area contributed by atoms with E-state index in [0.29, 0.717) is 0 Å². The third kappa shape index (κ3) is 11.5. The molecule has 0 aromatic heterocycles. The monoisotopic (exact) mass is 185 g/mol. The minimum Gasteiger partial charge on any atom is -0.411 e. The highest BCUT2D eigenvalue weighted by Crippen LogP contribution is 2.08. The average molecular weight is 185 g/mol. The standard InChI is InChI=1S/C11H23NO/c1-2-3-4-5-6-7-8-9-10-11-12-13/h11,13H,2-10H2,1H3/b12-11-. The van der Waals surface area contributed by atoms with E-state index in [-0.39, 0.29) is 0 Å². The Morgan fingerprint density at radius 2 is 1.46 bits per heavy atom. The first kappa shape index (κ1) is 12.5. The third-order valence-corrected chi connectivity index (χ3v) is 2.27. The van der Waals surface area contributed by atoms with E-state index in [2.05, 4.69) is 12.1 Å². The molecule has 0 saturated heterocycles. The van der Waals surface area contributed by atoms with Gasteiger partial charge in [0.1, 0.15) is 0 Å². The van der Waals surface area contributed by atoms with Gasteiger partial charge in [0.15, 0.2) is 0 Å². The second-order valence-electron chi connectivity index (χ2n) is 3.56. The fourth-order valence-electron chi connectivity index (χ4n) is 1.43. The van der Waals surface area contributed by atoms with Gasteiger partial charge >= 0.3 is 0 Å². The van der Waals surface area contributed by atoms with Gasteiger partial charge in [-0.25, -0.2) is 0 Å². The van der Waals surface area contributed by atoms with Gasteiger partial charge in [0.05, 0.1) is 0 Å². The van der Waals surface area contributed by atoms with Crippen molar-refractivity contribution in [3.05, 3.63) is 0 Å². The molecule has 0 aliphatic heterocycles. The van der Waals surface area contributed by atoms with Crippen LogP contribution in [0.5, 0.6) is 0 Å². The summed E-state index contributed by atoms with van der Waals surface area (Å²) < 4.78 is 0. The molecule has 78 valence electrons. The van der Waals surface area contributed by atoms with Gasteiger partial charge in [0.2, 0.25) is 0 Å². The number of hydrogen-bond donors (Lipinski definition) is 1. The van der Waals surface area contributed by atoms with Crippen molar-refractivity contribution in [1.82, 2.24) is 0 Å². The summed E-state index contributed by atoms with van der Waals surface area (Å²) in [4.78, 5) is 0. The highest BCUT2D eigenvalue weighted by atomic mass is 16.4. The first-order valence-electron chi connectivity index (χ1n) is 5.57. The molecule has 0 unspecified atom stereocenters. The van der Waals surface area contributed by atoms with Gasteiger partial charge in [0, 0.05) is 6.21 Å². The lowest BCUT2D eigenvalue weighted by Gasteiger charge is -1.99. The zero-order valence-corrected chi connectivity index (χ0v) is 8.84. The Kier molecular flexibility index (Phi) is 11.0. The summed E-state index contributed by atoms with van der Waals surface area (Å²) in [6.07, 6.45) is 13.2. The molecule has 0 spiro atoms. The quantitative estimate of drug-likeness (QED) is 0.250. The molecular formula is C11H23NO. The molecule has 2 heteroatoms. The van der Waals surface area contributed by atoms with E-state index < -0.39 is 0 Å². The summed E-state index contributed by atoms with van der Waals surface area (Å²) in [7, 11) is 0. The second kappa shape index (κ2) is 11.5. The van der Waals surface area contributed by atoms with Crippen molar-refractivity contribution in [2.75, 3.05) is 0 Å². The Hall–Kier alpha value is -0.530. The molecule has 0 aliphatic rings. The predicted octanol–water partition coefficient (Wildman–Crippen LogP) is 3.98. The topological polar surface area (TPSA) is 32.6 Å². The van der Waals surface area contributed by atoms with Crippen LogP contribution >= 0.6 is 0 Å². The lowest BCUT2D eigenvalue weighted by atomic mass is 10.1. The molecule has 0 rings (SSSR count). The maximum absolute atomic E-state index is 8.14. The molecule has 0 saturated carbocycles. The largest absolute Gasteiger partial charge is 0.411 e. The normalized spacial score (nSPS) is 11.2. The van der Waals surface area contributed by atoms with Crippen molar-refractivity contribution in [2.24, 2.45) is 5.16 Å². The second-order valence-corrected chi connectivity index (χ2v) is 3.56. The molecule has 0 fully saturated rings. The van der Waals surface area contributed by atoms with Gasteiger partial charge < -0.3 is 5.21 Å². The number of rotatable bonds is 9. The highest BCUT2D eigenvalue weighted by molar-refractivity contribution is 5.55. The van der Waals surface area contributed by atoms with Crippen LogP contribution in [0.2, 0.25) is 0 Å². The Bertz CT molecular complexity index is 113. The molecule has 0 amide bonds. The molecule has 0 heterocycles. The smallest absolute Gasteiger partial charge is 0.0435 e. The van der Waals surface area contributed by atoms with Gasteiger partial charge in [-0.2, -0.15) is 0 Å². The summed E-state index contributed by atoms with van der Waals surface area (Å²) in [6, 6.07) is 0. The van der Waals surface area contributed by atoms with Crippen LogP contribution < -0.4 is 0 Å². The van der Waals surface area contributed by atoms with E-state index in [9.17, 15) is 0 Å². The summed E-state index contributed by atoms with van der Waals surface area (Å²) in [5.41, 5.74) is 0. The SMILES string of the molecule is CCCCCCCCCC/C=N\O. The summed E-state index contributed by atoms with van der Waals surface area (Å²) >= 11 is 0. The van der Waals surface area contributed by atoms with Gasteiger partial charge in [-0.1, -0.05) is 51.9 Å². The number of hydrogen-bond acceptors (Lipinski definition) is 2. The molecule has 0 aromatic rings. The molecule has 0 radical (unpaired) electrons. The first-order valence-corrected chi connectivity index (χ1v) is 5.57. The van der Waals surface area contributed by atoms with E-state index in [4.69, 9.17) is 5.21 Å². The number of unbranched alkanes of at least 4 members (excludes halogenated alkanes) is 8. The molecule has 13 heavy (non-hydrogen) atoms. The van der Waals surface area contributed by atoms with E-state index in [1.54, 1.807) is 6.21 Å². The van der Waals surface area contributed by atoms with Crippen LogP contribution in [-0.2, 0) is 0 Å². The lowest BCUT2D eigenvalue weighted by molar-refractivity contribution is 0.320. The van der Waals surface area contributed by atoms with Crippen LogP contribution in [0.1, 0.15) is 64.7 Å². The molecule has 0 atom stereocenters. The Morgan fingerprint density at radius 1 is 0.923 bits per heavy atom. The number of oxime groups is 1. The summed E-state index contributed by atoms with van der Waals surface area (Å²) in [6.45, 7) is 2.24. The van der Waals surface area contributed by atoms with Gasteiger partial charge in [-0.15, -0.1) is 5.16 Å². The van der Waals surface area contributed by atoms with E-state index in [0.717, 1.165) is 12.8 Å². The molecule has 0 bridgehead atoms. The maximum atomic E-state index is 8.14. The highest BCUT2D eigenvalue weighted by Gasteiger charge is 1.90. The number of nitrogens with zero attached hydrogens (tertiary/aromatic N) is 1. The summed E-state index contributed by atoms with van der Waals surface area (Å²) in [5.74, 6) is 0. The van der Waals surface area contributed by atoms with Crippen molar-refractivity contribution in [3.63, 3.8) is 0 Å². The summed E-state index contributed by atoms with van der Waals surface area (Å²) in [5, 5.41) is 11.1. The Labute approximate surface area is 82.0 Å². The van der Waals surface area contributed by atoms with Crippen molar-refractivity contribution < 1.29 is 5.21 Å². The zero-order chi connectivity index (χ0) is 9.78. The van der Waals surface area contributed by atoms with Gasteiger partial charge in [-0.3, -0.25) is 0 Å². The third-order valence-electron chi connectivity index (χ3n) is 2.27. The minimum atomic E-state index is 0.922. The van der Waals surface area contributed by atoms with Crippen molar-refractivity contribution in [1.29, 1.82) is 0 Å². The molecule has 0 aliphatic carbocycles. The van der Waals surface area contributed by atoms with Crippen LogP contribution in [-0.4, -0.2) is 11.4 Å². The first-order chi connectivity index (χ1) is 6.41. The van der Waals surface area contributed by atoms with E-state index >= 15 is 0 Å². The zero-order valence-electron chi connectivity index (χ0n) is 8.84. The lowest BCUT2D eigenvalue weighted by Crippen LogP contribution is -1.81. The fraction of sp³-hybridized carbons (Fsp3) is 0.909. The molecule has 0 aromatic carbocycles. The van der Waals surface area contributed by atoms with Crippen molar-refractivity contribution in [2.45, 2.75) is 64.7 Å². The van der Waals surface area contributed by atoms with Crippen molar-refractivity contribution in [3.8, 4) is 0 Å². The minimum absolute atomic E-state index is 0.922. The van der Waals surface area contributed by atoms with Gasteiger partial charge in [0.25, 0.3) is 0 Å². The Balaban J connectivity index is 2.83. The molecular weight excluding hydrogens is 162 g/mol. The maximum Gasteiger partial charge on any atom is 0.0435 e. The van der Waals surface area contributed by atoms with E-state index in [1.807, 2.05) is 0 Å². The van der Waals surface area contributed by atoms with Crippen LogP contribution in [0, 0.1) is 0 Å².